The van der Waals surface area contributed by atoms with E-state index in [4.69, 9.17) is 4.52 Å². The van der Waals surface area contributed by atoms with Gasteiger partial charge in [0.1, 0.15) is 5.69 Å². The molecule has 0 aromatic heterocycles. The third kappa shape index (κ3) is 3.18. The first-order valence-corrected chi connectivity index (χ1v) is 9.04. The summed E-state index contributed by atoms with van der Waals surface area (Å²) in [4.78, 5) is 21.3. The molecule has 2 heterocycles. The van der Waals surface area contributed by atoms with Crippen molar-refractivity contribution in [2.45, 2.75) is 13.0 Å². The van der Waals surface area contributed by atoms with Gasteiger partial charge in [0.05, 0.1) is 16.3 Å². The van der Waals surface area contributed by atoms with Gasteiger partial charge in [0.15, 0.2) is 0 Å². The first kappa shape index (κ1) is 17.0. The van der Waals surface area contributed by atoms with Crippen molar-refractivity contribution in [2.75, 3.05) is 38.2 Å². The second-order valence-corrected chi connectivity index (χ2v) is 8.08. The summed E-state index contributed by atoms with van der Waals surface area (Å²) in [7, 11) is -1.67. The van der Waals surface area contributed by atoms with Crippen LogP contribution in [0.25, 0.3) is 0 Å². The van der Waals surface area contributed by atoms with Gasteiger partial charge in [-0.25, -0.2) is 14.3 Å². The number of hydrogen-bond donors (Lipinski definition) is 0. The van der Waals surface area contributed by atoms with Crippen LogP contribution in [0.5, 0.6) is 0 Å². The van der Waals surface area contributed by atoms with E-state index in [0.29, 0.717) is 5.56 Å². The lowest BCUT2D eigenvalue weighted by molar-refractivity contribution is -0.384. The Morgan fingerprint density at radius 3 is 2.38 bits per heavy atom. The molecule has 1 unspecified atom stereocenters. The molecule has 0 radical (unpaired) electrons. The zero-order valence-electron chi connectivity index (χ0n) is 13.4. The predicted octanol–water partition coefficient (Wildman–Crippen LogP) is 2.53. The Balaban J connectivity index is 1.86. The first-order valence-electron chi connectivity index (χ1n) is 7.51. The van der Waals surface area contributed by atoms with Gasteiger partial charge in [0, 0.05) is 39.3 Å². The van der Waals surface area contributed by atoms with Crippen LogP contribution in [0, 0.1) is 15.0 Å². The van der Waals surface area contributed by atoms with Gasteiger partial charge in [-0.1, -0.05) is 0 Å². The number of nitro groups is 1. The average Bonchev–Trinajstić information content (AvgIpc) is 3.42. The highest BCUT2D eigenvalue weighted by molar-refractivity contribution is 7.54. The summed E-state index contributed by atoms with van der Waals surface area (Å²) in [5.41, 5.74) is 0.430. The van der Waals surface area contributed by atoms with Crippen molar-refractivity contribution in [3.63, 3.8) is 0 Å². The van der Waals surface area contributed by atoms with Gasteiger partial charge in [-0.15, -0.1) is 4.91 Å². The third-order valence-electron chi connectivity index (χ3n) is 3.99. The van der Waals surface area contributed by atoms with E-state index in [-0.39, 0.29) is 11.4 Å². The van der Waals surface area contributed by atoms with Gasteiger partial charge in [-0.05, 0) is 24.6 Å². The topological polar surface area (TPSA) is 108 Å². The zero-order chi connectivity index (χ0) is 17.5. The van der Waals surface area contributed by atoms with Crippen LogP contribution in [0.1, 0.15) is 18.6 Å². The molecule has 2 fully saturated rings. The van der Waals surface area contributed by atoms with Crippen LogP contribution in [0.2, 0.25) is 0 Å². The highest BCUT2D eigenvalue weighted by atomic mass is 31.2. The van der Waals surface area contributed by atoms with E-state index in [9.17, 15) is 19.6 Å². The number of hydrogen-bond acceptors (Lipinski definition) is 6. The smallest absolute Gasteiger partial charge is 0.298 e. The highest BCUT2D eigenvalue weighted by Gasteiger charge is 2.50. The minimum absolute atomic E-state index is 0.0660. The van der Waals surface area contributed by atoms with Crippen molar-refractivity contribution < 1.29 is 14.0 Å². The fraction of sp³-hybridized carbons (Fsp3) is 0.538. The van der Waals surface area contributed by atoms with Crippen molar-refractivity contribution in [3.8, 4) is 0 Å². The number of nitroso groups, excluding NO2 is 1. The Morgan fingerprint density at radius 2 is 1.92 bits per heavy atom. The van der Waals surface area contributed by atoms with Crippen LogP contribution in [-0.2, 0) is 9.09 Å². The van der Waals surface area contributed by atoms with Crippen LogP contribution in [-0.4, -0.2) is 47.5 Å². The molecule has 0 spiro atoms. The summed E-state index contributed by atoms with van der Waals surface area (Å²) in [6.45, 7) is 4.69. The predicted molar refractivity (Wildman–Crippen MR) is 87.5 cm³/mol. The zero-order valence-corrected chi connectivity index (χ0v) is 14.3. The Kier molecular flexibility index (Phi) is 4.39. The summed E-state index contributed by atoms with van der Waals surface area (Å²) in [5, 5.41) is 14.7. The number of nitrogens with zero attached hydrogens (tertiary/aromatic N) is 5. The third-order valence-corrected chi connectivity index (χ3v) is 6.81. The Morgan fingerprint density at radius 1 is 1.33 bits per heavy atom. The fourth-order valence-corrected chi connectivity index (χ4v) is 4.77. The van der Waals surface area contributed by atoms with Gasteiger partial charge in [-0.2, -0.15) is 0 Å². The molecule has 24 heavy (non-hydrogen) atoms. The second-order valence-electron chi connectivity index (χ2n) is 5.76. The summed E-state index contributed by atoms with van der Waals surface area (Å²) < 4.78 is 22.5. The molecule has 2 aliphatic heterocycles. The summed E-state index contributed by atoms with van der Waals surface area (Å²) in [6.07, 6.45) is -0.545. The van der Waals surface area contributed by atoms with Crippen molar-refractivity contribution in [3.05, 3.63) is 38.8 Å². The summed E-state index contributed by atoms with van der Waals surface area (Å²) in [5.74, 6) is 0. The maximum atomic E-state index is 13.0. The van der Waals surface area contributed by atoms with Crippen molar-refractivity contribution in [1.29, 1.82) is 0 Å². The monoisotopic (exact) mass is 355 g/mol. The lowest BCUT2D eigenvalue weighted by atomic mass is 10.1. The molecule has 130 valence electrons. The minimum atomic E-state index is -3.01. The lowest BCUT2D eigenvalue weighted by Gasteiger charge is -2.24. The van der Waals surface area contributed by atoms with Crippen LogP contribution < -0.4 is 5.01 Å². The van der Waals surface area contributed by atoms with E-state index in [1.165, 1.54) is 19.2 Å². The van der Waals surface area contributed by atoms with Crippen LogP contribution in [0.4, 0.5) is 11.4 Å². The number of nitro benzene ring substituents is 1. The Bertz CT molecular complexity index is 705. The number of anilines is 1. The molecular formula is C13H18N5O5P. The van der Waals surface area contributed by atoms with Crippen molar-refractivity contribution in [2.24, 2.45) is 5.29 Å². The Hall–Kier alpha value is -1.87. The minimum Gasteiger partial charge on any atom is -0.298 e. The molecule has 0 saturated carbocycles. The maximum absolute atomic E-state index is 13.0. The molecule has 0 bridgehead atoms. The largest absolute Gasteiger partial charge is 0.346 e. The second kappa shape index (κ2) is 6.21. The molecule has 0 aliphatic carbocycles. The SMILES string of the molecule is CC(OP(=O)(N1CC1)N1CC1)c1ccc([N+](=O)[O-])c(N(C)N=O)c1. The Labute approximate surface area is 138 Å². The van der Waals surface area contributed by atoms with E-state index in [1.807, 2.05) is 0 Å². The molecule has 1 aromatic carbocycles. The molecule has 2 saturated heterocycles. The lowest BCUT2D eigenvalue weighted by Crippen LogP contribution is -2.13. The summed E-state index contributed by atoms with van der Waals surface area (Å²) in [6, 6.07) is 4.31. The van der Waals surface area contributed by atoms with E-state index >= 15 is 0 Å². The van der Waals surface area contributed by atoms with Crippen molar-refractivity contribution in [1.82, 2.24) is 9.34 Å². The fourth-order valence-electron chi connectivity index (χ4n) is 2.42. The molecule has 10 nitrogen and oxygen atoms in total. The molecule has 3 rings (SSSR count). The standard InChI is InChI=1S/C13H18N5O5P/c1-10(23-24(22,16-5-6-16)17-7-8-17)11-3-4-12(18(20)21)13(9-11)15(2)14-19/h3-4,9-10H,5-8H2,1-2H3. The molecule has 0 N–H and O–H groups in total. The van der Waals surface area contributed by atoms with Crippen molar-refractivity contribution >= 4 is 19.0 Å². The van der Waals surface area contributed by atoms with Gasteiger partial charge in [0.25, 0.3) is 5.69 Å². The van der Waals surface area contributed by atoms with Gasteiger partial charge in [-0.3, -0.25) is 19.2 Å². The van der Waals surface area contributed by atoms with E-state index < -0.39 is 18.7 Å². The molecule has 11 heteroatoms. The maximum Gasteiger partial charge on any atom is 0.346 e. The van der Waals surface area contributed by atoms with Gasteiger partial charge >= 0.3 is 7.67 Å². The van der Waals surface area contributed by atoms with Gasteiger partial charge in [0.2, 0.25) is 0 Å². The molecular weight excluding hydrogens is 337 g/mol. The van der Waals surface area contributed by atoms with E-state index in [0.717, 1.165) is 31.2 Å². The number of benzene rings is 1. The molecule has 2 aliphatic rings. The molecule has 1 atom stereocenters. The van der Waals surface area contributed by atoms with E-state index in [1.54, 1.807) is 22.3 Å². The highest BCUT2D eigenvalue weighted by Crippen LogP contribution is 2.63. The van der Waals surface area contributed by atoms with Crippen LogP contribution >= 0.6 is 7.67 Å². The summed E-state index contributed by atoms with van der Waals surface area (Å²) >= 11 is 0. The quantitative estimate of drug-likeness (QED) is 0.230. The van der Waals surface area contributed by atoms with E-state index in [2.05, 4.69) is 5.29 Å². The van der Waals surface area contributed by atoms with Gasteiger partial charge < -0.3 is 0 Å². The average molecular weight is 355 g/mol. The first-order chi connectivity index (χ1) is 11.4. The molecule has 1 aromatic rings. The number of rotatable bonds is 8. The van der Waals surface area contributed by atoms with Crippen LogP contribution in [0.15, 0.2) is 23.5 Å². The normalized spacial score (nSPS) is 18.9. The van der Waals surface area contributed by atoms with Crippen LogP contribution in [0.3, 0.4) is 0 Å². The molecule has 0 amide bonds.